The van der Waals surface area contributed by atoms with Gasteiger partial charge in [0.1, 0.15) is 29.0 Å². The number of aryl methyl sites for hydroxylation is 1. The molecule has 0 unspecified atom stereocenters. The van der Waals surface area contributed by atoms with E-state index in [4.69, 9.17) is 10.1 Å². The van der Waals surface area contributed by atoms with Crippen LogP contribution in [0, 0.1) is 17.7 Å². The lowest BCUT2D eigenvalue weighted by atomic mass is 9.93. The van der Waals surface area contributed by atoms with Crippen LogP contribution in [0.2, 0.25) is 0 Å². The van der Waals surface area contributed by atoms with Gasteiger partial charge in [0, 0.05) is 36.4 Å². The van der Waals surface area contributed by atoms with E-state index < -0.39 is 11.3 Å². The van der Waals surface area contributed by atoms with Crippen molar-refractivity contribution in [2.75, 3.05) is 30.9 Å². The van der Waals surface area contributed by atoms with E-state index >= 15 is 0 Å². The molecule has 3 rings (SSSR count). The maximum Gasteiger partial charge on any atom is 0.256 e. The van der Waals surface area contributed by atoms with E-state index in [2.05, 4.69) is 35.9 Å². The molecule has 11 nitrogen and oxygen atoms in total. The average Bonchev–Trinajstić information content (AvgIpc) is 2.80. The number of nitrogens with zero attached hydrogens (tertiary/aromatic N) is 4. The molecule has 0 saturated carbocycles. The smallest absolute Gasteiger partial charge is 0.256 e. The molecule has 0 radical (unpaired) electrons. The Hall–Kier alpha value is -4.12. The van der Waals surface area contributed by atoms with Gasteiger partial charge in [0.2, 0.25) is 5.95 Å². The Labute approximate surface area is 203 Å². The Morgan fingerprint density at radius 1 is 1.23 bits per heavy atom. The molecule has 0 aliphatic heterocycles. The topological polar surface area (TPSA) is 158 Å². The summed E-state index contributed by atoms with van der Waals surface area (Å²) in [5.41, 5.74) is 2.40. The van der Waals surface area contributed by atoms with Crippen molar-refractivity contribution in [3.8, 4) is 0 Å². The second-order valence-electron chi connectivity index (χ2n) is 8.87. The fourth-order valence-corrected chi connectivity index (χ4v) is 2.90. The predicted octanol–water partition coefficient (Wildman–Crippen LogP) is 3.73. The first-order valence-corrected chi connectivity index (χ1v) is 11.0. The van der Waals surface area contributed by atoms with Gasteiger partial charge in [-0.25, -0.2) is 19.9 Å². The molecule has 0 bridgehead atoms. The number of fused-ring (bicyclic) bond motifs is 1. The minimum atomic E-state index is -0.527. The first kappa shape index (κ1) is 25.5. The fraction of sp³-hybridized carbons (Fsp3) is 0.333. The number of anilines is 3. The van der Waals surface area contributed by atoms with Crippen molar-refractivity contribution >= 4 is 40.2 Å². The highest BCUT2D eigenvalue weighted by Crippen LogP contribution is 2.25. The number of amides is 1. The molecule has 3 aromatic rings. The largest absolute Gasteiger partial charge is 0.512 e. The van der Waals surface area contributed by atoms with E-state index in [-0.39, 0.29) is 11.6 Å². The number of hydrogen-bond donors (Lipinski definition) is 5. The zero-order chi connectivity index (χ0) is 25.6. The van der Waals surface area contributed by atoms with Crippen molar-refractivity contribution in [3.63, 3.8) is 0 Å². The molecule has 2 heterocycles. The Kier molecular flexibility index (Phi) is 7.92. The predicted molar refractivity (Wildman–Crippen MR) is 135 cm³/mol. The van der Waals surface area contributed by atoms with Crippen molar-refractivity contribution < 1.29 is 14.6 Å². The minimum absolute atomic E-state index is 0.00257. The second-order valence-corrected chi connectivity index (χ2v) is 8.87. The summed E-state index contributed by atoms with van der Waals surface area (Å²) >= 11 is 0. The molecule has 1 amide bonds. The summed E-state index contributed by atoms with van der Waals surface area (Å²) in [6, 6.07) is 5.12. The summed E-state index contributed by atoms with van der Waals surface area (Å²) in [6.07, 6.45) is 4.25. The number of amidine groups is 1. The van der Waals surface area contributed by atoms with Crippen LogP contribution in [0.4, 0.5) is 17.5 Å². The molecule has 0 atom stereocenters. The second kappa shape index (κ2) is 10.9. The van der Waals surface area contributed by atoms with E-state index in [0.29, 0.717) is 47.2 Å². The van der Waals surface area contributed by atoms with Gasteiger partial charge in [-0.05, 0) is 24.6 Å². The van der Waals surface area contributed by atoms with Gasteiger partial charge in [0.05, 0.1) is 12.8 Å². The zero-order valence-electron chi connectivity index (χ0n) is 20.4. The molecule has 0 aliphatic rings. The van der Waals surface area contributed by atoms with Crippen LogP contribution >= 0.6 is 0 Å². The molecule has 0 spiro atoms. The van der Waals surface area contributed by atoms with E-state index in [1.54, 1.807) is 31.5 Å². The van der Waals surface area contributed by atoms with E-state index in [0.717, 1.165) is 5.56 Å². The Balaban J connectivity index is 1.83. The average molecular weight is 479 g/mol. The van der Waals surface area contributed by atoms with Crippen LogP contribution in [0.1, 0.15) is 36.7 Å². The maximum atomic E-state index is 12.7. The highest BCUT2D eigenvalue weighted by atomic mass is 16.5. The Morgan fingerprint density at radius 3 is 2.71 bits per heavy atom. The first-order valence-electron chi connectivity index (χ1n) is 11.0. The number of methoxy groups -OCH3 is 1. The number of ether oxygens (including phenoxy) is 1. The van der Waals surface area contributed by atoms with Crippen LogP contribution in [0.25, 0.3) is 11.0 Å². The first-order chi connectivity index (χ1) is 16.6. The van der Waals surface area contributed by atoms with E-state index in [1.165, 1.54) is 12.4 Å². The van der Waals surface area contributed by atoms with Gasteiger partial charge in [0.15, 0.2) is 5.82 Å². The van der Waals surface area contributed by atoms with Crippen LogP contribution in [-0.4, -0.2) is 57.0 Å². The summed E-state index contributed by atoms with van der Waals surface area (Å²) in [7, 11) is 1.62. The molecular formula is C24H30N8O3. The third-order valence-corrected chi connectivity index (χ3v) is 5.02. The molecule has 0 aliphatic carbocycles. The highest BCUT2D eigenvalue weighted by molar-refractivity contribution is 6.09. The van der Waals surface area contributed by atoms with Gasteiger partial charge in [-0.15, -0.1) is 0 Å². The van der Waals surface area contributed by atoms with Crippen molar-refractivity contribution in [1.29, 1.82) is 5.41 Å². The van der Waals surface area contributed by atoms with Crippen molar-refractivity contribution in [1.82, 2.24) is 25.3 Å². The SMILES string of the molecule is COCCNc1ncc2ncnc(Nc3cc(C(=O)NC(=N)/C=C(\O)C(C)(C)C)ccc3C)c2n1. The van der Waals surface area contributed by atoms with E-state index in [9.17, 15) is 9.90 Å². The fourth-order valence-electron chi connectivity index (χ4n) is 2.90. The van der Waals surface area contributed by atoms with Crippen LogP contribution < -0.4 is 16.0 Å². The molecule has 184 valence electrons. The Bertz CT molecular complexity index is 1270. The molecule has 5 N–H and O–H groups in total. The van der Waals surface area contributed by atoms with Gasteiger partial charge >= 0.3 is 0 Å². The van der Waals surface area contributed by atoms with Crippen LogP contribution in [0.3, 0.4) is 0 Å². The molecule has 1 aromatic carbocycles. The Morgan fingerprint density at radius 2 is 2.00 bits per heavy atom. The third-order valence-electron chi connectivity index (χ3n) is 5.02. The molecular weight excluding hydrogens is 448 g/mol. The quantitative estimate of drug-likeness (QED) is 0.141. The van der Waals surface area contributed by atoms with Gasteiger partial charge < -0.3 is 25.8 Å². The number of carbonyl (C=O) groups is 1. The molecule has 35 heavy (non-hydrogen) atoms. The van der Waals surface area contributed by atoms with Gasteiger partial charge in [0.25, 0.3) is 5.91 Å². The number of aromatic nitrogens is 4. The summed E-state index contributed by atoms with van der Waals surface area (Å²) in [6.45, 7) is 8.39. The lowest BCUT2D eigenvalue weighted by Gasteiger charge is -2.17. The summed E-state index contributed by atoms with van der Waals surface area (Å²) in [4.78, 5) is 30.0. The van der Waals surface area contributed by atoms with Gasteiger partial charge in [-0.3, -0.25) is 10.2 Å². The summed E-state index contributed by atoms with van der Waals surface area (Å²) in [5.74, 6) is 0.198. The van der Waals surface area contributed by atoms with E-state index in [1.807, 2.05) is 27.7 Å². The van der Waals surface area contributed by atoms with Crippen molar-refractivity contribution in [2.45, 2.75) is 27.7 Å². The van der Waals surface area contributed by atoms with Crippen LogP contribution in [-0.2, 0) is 4.74 Å². The number of rotatable bonds is 8. The van der Waals surface area contributed by atoms with Crippen molar-refractivity contribution in [2.24, 2.45) is 5.41 Å². The number of hydrogen-bond acceptors (Lipinski definition) is 10. The third kappa shape index (κ3) is 6.70. The number of aliphatic hydroxyl groups is 1. The minimum Gasteiger partial charge on any atom is -0.512 e. The summed E-state index contributed by atoms with van der Waals surface area (Å²) in [5, 5.41) is 26.9. The lowest BCUT2D eigenvalue weighted by molar-refractivity contribution is 0.0977. The number of aliphatic hydroxyl groups excluding tert-OH is 1. The normalized spacial score (nSPS) is 11.9. The molecule has 2 aromatic heterocycles. The lowest BCUT2D eigenvalue weighted by Crippen LogP contribution is -2.29. The monoisotopic (exact) mass is 478 g/mol. The standard InChI is InChI=1S/C24H30N8O3/c1-14-6-7-15(22(34)31-19(25)11-18(33)24(2,3)4)10-16(14)30-21-20-17(28-13-29-21)12-27-23(32-20)26-8-9-35-5/h6-7,10-13,33H,8-9H2,1-5H3,(H2,25,31,34)(H,26,27,32)(H,28,29,30)/b18-11-. The zero-order valence-corrected chi connectivity index (χ0v) is 20.4. The number of benzene rings is 1. The maximum absolute atomic E-state index is 12.7. The molecule has 0 fully saturated rings. The number of nitrogens with one attached hydrogen (secondary N) is 4. The molecule has 0 saturated heterocycles. The van der Waals surface area contributed by atoms with Gasteiger partial charge in [-0.1, -0.05) is 26.8 Å². The van der Waals surface area contributed by atoms with Gasteiger partial charge in [-0.2, -0.15) is 0 Å². The van der Waals surface area contributed by atoms with Crippen LogP contribution in [0.5, 0.6) is 0 Å². The number of carbonyl (C=O) groups excluding carboxylic acids is 1. The summed E-state index contributed by atoms with van der Waals surface area (Å²) < 4.78 is 5.04. The highest BCUT2D eigenvalue weighted by Gasteiger charge is 2.17. The van der Waals surface area contributed by atoms with Crippen molar-refractivity contribution in [3.05, 3.63) is 53.7 Å². The molecule has 11 heteroatoms. The van der Waals surface area contributed by atoms with Crippen LogP contribution in [0.15, 0.2) is 42.6 Å². The number of allylic oxidation sites excluding steroid dienone is 1.